The van der Waals surface area contributed by atoms with E-state index in [4.69, 9.17) is 0 Å². The lowest BCUT2D eigenvalue weighted by molar-refractivity contribution is -0.388. The molecule has 0 saturated carbocycles. The molecule has 0 spiro atoms. The van der Waals surface area contributed by atoms with Crippen molar-refractivity contribution in [2.45, 2.75) is 27.8 Å². The van der Waals surface area contributed by atoms with E-state index in [1.54, 1.807) is 0 Å². The van der Waals surface area contributed by atoms with Gasteiger partial charge in [0.25, 0.3) is 5.69 Å². The van der Waals surface area contributed by atoms with Crippen molar-refractivity contribution in [2.24, 2.45) is 0 Å². The first-order chi connectivity index (χ1) is 13.1. The predicted octanol–water partition coefficient (Wildman–Crippen LogP) is 0.299. The van der Waals surface area contributed by atoms with Gasteiger partial charge >= 0.3 is 5.51 Å². The average Bonchev–Trinajstić information content (AvgIpc) is 2.90. The van der Waals surface area contributed by atoms with Gasteiger partial charge in [-0.05, 0) is 18.6 Å². The van der Waals surface area contributed by atoms with Crippen LogP contribution >= 0.6 is 0 Å². The van der Waals surface area contributed by atoms with Gasteiger partial charge in [-0.15, -0.1) is 0 Å². The van der Waals surface area contributed by atoms with Crippen molar-refractivity contribution in [2.75, 3.05) is 17.3 Å². The van der Waals surface area contributed by atoms with E-state index in [9.17, 15) is 49.1 Å². The highest BCUT2D eigenvalue weighted by Gasteiger charge is 2.40. The molecule has 0 aromatic heterocycles. The monoisotopic (exact) mass is 478 g/mol. The van der Waals surface area contributed by atoms with Crippen molar-refractivity contribution >= 4 is 42.1 Å². The molecule has 10 nitrogen and oxygen atoms in total. The number of hydrogen-bond donors (Lipinski definition) is 1. The van der Waals surface area contributed by atoms with Gasteiger partial charge in [0.15, 0.2) is 30.5 Å². The molecule has 0 aliphatic carbocycles. The van der Waals surface area contributed by atoms with Crippen molar-refractivity contribution in [3.05, 3.63) is 28.3 Å². The fraction of sp³-hybridized carbons (Fsp3) is 0.462. The number of nitro groups is 1. The minimum atomic E-state index is -5.21. The molecule has 1 N–H and O–H groups in total. The van der Waals surface area contributed by atoms with Gasteiger partial charge < -0.3 is 5.32 Å². The van der Waals surface area contributed by atoms with E-state index in [2.05, 4.69) is 5.32 Å². The summed E-state index contributed by atoms with van der Waals surface area (Å²) in [5.74, 6) is -2.97. The van der Waals surface area contributed by atoms with Gasteiger partial charge in [-0.25, -0.2) is 21.0 Å². The average molecular weight is 478 g/mol. The van der Waals surface area contributed by atoms with Crippen molar-refractivity contribution in [3.8, 4) is 0 Å². The summed E-state index contributed by atoms with van der Waals surface area (Å²) >= 11 is 0. The summed E-state index contributed by atoms with van der Waals surface area (Å²) in [7, 11) is -11.6. The molecule has 1 fully saturated rings. The Morgan fingerprint density at radius 2 is 1.97 bits per heavy atom. The Labute approximate surface area is 164 Å². The number of nitro benzene ring substituents is 1. The van der Waals surface area contributed by atoms with Crippen LogP contribution in [0.25, 0.3) is 0 Å². The van der Waals surface area contributed by atoms with E-state index < -0.39 is 74.1 Å². The van der Waals surface area contributed by atoms with Crippen LogP contribution in [0.1, 0.15) is 6.42 Å². The number of alkyl halides is 3. The van der Waals surface area contributed by atoms with E-state index in [0.717, 1.165) is 0 Å². The number of amides is 1. The molecule has 0 radical (unpaired) electrons. The van der Waals surface area contributed by atoms with Gasteiger partial charge in [0.2, 0.25) is 5.91 Å². The zero-order valence-corrected chi connectivity index (χ0v) is 16.7. The Morgan fingerprint density at radius 1 is 1.34 bits per heavy atom. The Bertz CT molecular complexity index is 1080. The number of halogens is 3. The summed E-state index contributed by atoms with van der Waals surface area (Å²) in [5.41, 5.74) is -6.48. The van der Waals surface area contributed by atoms with Crippen LogP contribution < -0.4 is 5.32 Å². The van der Waals surface area contributed by atoms with Crippen molar-refractivity contribution in [3.63, 3.8) is 0 Å². The lowest BCUT2D eigenvalue weighted by Crippen LogP contribution is -2.39. The number of hydrogen-bond acceptors (Lipinski definition) is 8. The number of carbonyl (C=O) groups excluding carboxylic acids is 1. The third kappa shape index (κ3) is 5.72. The number of benzene rings is 1. The van der Waals surface area contributed by atoms with Crippen LogP contribution in [-0.2, 0) is 35.3 Å². The van der Waals surface area contributed by atoms with Gasteiger partial charge in [0.1, 0.15) is 10.6 Å². The number of nitrogens with one attached hydrogen (secondary N) is 1. The standard InChI is InChI=1S/C13H13F3N2O8S3/c14-13(15,16)27(22)9-1-2-11(10(5-9)18(20)21)29(25,26)7-12(19)17-8-3-4-28(23,24)6-8/h1-2,5,8H,3-4,6-7H2,(H,17,19). The van der Waals surface area contributed by atoms with Crippen LogP contribution in [0.4, 0.5) is 18.9 Å². The Balaban J connectivity index is 2.28. The summed E-state index contributed by atoms with van der Waals surface area (Å²) in [6.07, 6.45) is 0.0756. The first-order valence-corrected chi connectivity index (χ1v) is 12.2. The van der Waals surface area contributed by atoms with Crippen molar-refractivity contribution in [1.82, 2.24) is 5.32 Å². The fourth-order valence-electron chi connectivity index (χ4n) is 2.58. The molecule has 2 atom stereocenters. The van der Waals surface area contributed by atoms with Crippen molar-refractivity contribution < 1.29 is 43.9 Å². The van der Waals surface area contributed by atoms with Gasteiger partial charge in [0, 0.05) is 12.1 Å². The zero-order valence-electron chi connectivity index (χ0n) is 14.2. The number of sulfone groups is 2. The summed E-state index contributed by atoms with van der Waals surface area (Å²) in [5, 5.41) is 13.3. The largest absolute Gasteiger partial charge is 0.475 e. The molecular weight excluding hydrogens is 465 g/mol. The first-order valence-electron chi connectivity index (χ1n) is 7.62. The number of carbonyl (C=O) groups is 1. The molecular formula is C13H13F3N2O8S3. The maximum absolute atomic E-state index is 12.5. The van der Waals surface area contributed by atoms with Crippen LogP contribution in [-0.4, -0.2) is 60.7 Å². The highest BCUT2D eigenvalue weighted by molar-refractivity contribution is 7.92. The molecule has 1 aliphatic heterocycles. The molecule has 16 heteroatoms. The molecule has 1 heterocycles. The summed E-state index contributed by atoms with van der Waals surface area (Å²) in [6.45, 7) is 0. The second-order valence-corrected chi connectivity index (χ2v) is 11.7. The van der Waals surface area contributed by atoms with Crippen LogP contribution in [0, 0.1) is 10.1 Å². The molecule has 2 unspecified atom stereocenters. The van der Waals surface area contributed by atoms with E-state index in [0.29, 0.717) is 12.1 Å². The highest BCUT2D eigenvalue weighted by Crippen LogP contribution is 2.32. The maximum atomic E-state index is 12.5. The minimum Gasteiger partial charge on any atom is -0.351 e. The minimum absolute atomic E-state index is 0.0756. The molecule has 1 aromatic carbocycles. The van der Waals surface area contributed by atoms with E-state index >= 15 is 0 Å². The van der Waals surface area contributed by atoms with E-state index in [-0.39, 0.29) is 24.0 Å². The number of nitrogens with zero attached hydrogens (tertiary/aromatic N) is 1. The molecule has 0 bridgehead atoms. The Morgan fingerprint density at radius 3 is 2.45 bits per heavy atom. The zero-order chi connectivity index (χ0) is 22.2. The molecule has 1 aromatic rings. The molecule has 2 rings (SSSR count). The van der Waals surface area contributed by atoms with Gasteiger partial charge in [0.05, 0.1) is 21.3 Å². The highest BCUT2D eigenvalue weighted by atomic mass is 32.2. The van der Waals surface area contributed by atoms with Gasteiger partial charge in [-0.3, -0.25) is 14.9 Å². The SMILES string of the molecule is O=C(CS(=O)(=O)c1ccc(S(=O)C(F)(F)F)cc1[N+](=O)[O-])NC1CCS(=O)(=O)C1. The van der Waals surface area contributed by atoms with Gasteiger partial charge in [-0.1, -0.05) is 0 Å². The quantitative estimate of drug-likeness (QED) is 0.452. The summed E-state index contributed by atoms with van der Waals surface area (Å²) in [4.78, 5) is 19.7. The predicted molar refractivity (Wildman–Crippen MR) is 92.8 cm³/mol. The molecule has 1 amide bonds. The van der Waals surface area contributed by atoms with E-state index in [1.807, 2.05) is 0 Å². The fourth-order valence-corrected chi connectivity index (χ4v) is 6.24. The smallest absolute Gasteiger partial charge is 0.351 e. The van der Waals surface area contributed by atoms with Crippen LogP contribution in [0.3, 0.4) is 0 Å². The lowest BCUT2D eigenvalue weighted by Gasteiger charge is -2.12. The second kappa shape index (κ2) is 7.98. The second-order valence-electron chi connectivity index (χ2n) is 6.03. The number of rotatable bonds is 6. The Hall–Kier alpha value is -2.07. The third-order valence-electron chi connectivity index (χ3n) is 3.81. The van der Waals surface area contributed by atoms with Gasteiger partial charge in [-0.2, -0.15) is 13.2 Å². The molecule has 1 saturated heterocycles. The van der Waals surface area contributed by atoms with Crippen LogP contribution in [0.2, 0.25) is 0 Å². The topological polar surface area (TPSA) is 158 Å². The lowest BCUT2D eigenvalue weighted by atomic mass is 10.3. The molecule has 1 aliphatic rings. The first kappa shape index (κ1) is 23.2. The van der Waals surface area contributed by atoms with Crippen molar-refractivity contribution in [1.29, 1.82) is 0 Å². The molecule has 29 heavy (non-hydrogen) atoms. The normalized spacial score (nSPS) is 20.2. The Kier molecular flexibility index (Phi) is 6.39. The third-order valence-corrected chi connectivity index (χ3v) is 8.33. The van der Waals surface area contributed by atoms with Crippen LogP contribution in [0.5, 0.6) is 0 Å². The summed E-state index contributed by atoms with van der Waals surface area (Å²) in [6, 6.07) is 0.386. The van der Waals surface area contributed by atoms with E-state index in [1.165, 1.54) is 0 Å². The maximum Gasteiger partial charge on any atom is 0.475 e. The van der Waals surface area contributed by atoms with Crippen LogP contribution in [0.15, 0.2) is 28.0 Å². The summed E-state index contributed by atoms with van der Waals surface area (Å²) < 4.78 is 96.4. The molecule has 162 valence electrons.